The number of carboxylic acid groups (broad SMARTS) is 1. The Morgan fingerprint density at radius 1 is 1.20 bits per heavy atom. The lowest BCUT2D eigenvalue weighted by Crippen LogP contribution is -2.37. The molecule has 2 aliphatic rings. The van der Waals surface area contributed by atoms with Gasteiger partial charge in [0.25, 0.3) is 5.91 Å². The smallest absolute Gasteiger partial charge is 0.311 e. The van der Waals surface area contributed by atoms with Crippen molar-refractivity contribution in [3.8, 4) is 11.3 Å². The normalized spacial score (nSPS) is 25.0. The molecule has 1 aliphatic heterocycles. The second-order valence-electron chi connectivity index (χ2n) is 6.88. The molecule has 1 saturated carbocycles. The molecule has 0 bridgehead atoms. The van der Waals surface area contributed by atoms with Crippen LogP contribution in [0.25, 0.3) is 11.3 Å². The van der Waals surface area contributed by atoms with Crippen molar-refractivity contribution in [2.24, 2.45) is 11.3 Å². The minimum absolute atomic E-state index is 0.0531. The molecule has 6 nitrogen and oxygen atoms in total. The van der Waals surface area contributed by atoms with Crippen molar-refractivity contribution in [3.05, 3.63) is 48.4 Å². The molecule has 1 N–H and O–H groups in total. The van der Waals surface area contributed by atoms with Crippen LogP contribution in [0.5, 0.6) is 0 Å². The third-order valence-electron chi connectivity index (χ3n) is 5.53. The summed E-state index contributed by atoms with van der Waals surface area (Å²) >= 11 is 0. The molecule has 1 amide bonds. The van der Waals surface area contributed by atoms with E-state index in [0.29, 0.717) is 24.4 Å². The average Bonchev–Trinajstić information content (AvgIpc) is 3.20. The molecule has 25 heavy (non-hydrogen) atoms. The summed E-state index contributed by atoms with van der Waals surface area (Å²) in [5.74, 6) is -0.910. The standard InChI is InChI=1S/C19H19N3O3/c23-17(22-11-14-3-2-8-19(14,12-22)18(24)25)16-5-1-4-15(21-16)13-6-9-20-10-7-13/h1,4-7,9-10,14H,2-3,8,11-12H2,(H,24,25)/t14-,19-/m0/s1. The van der Waals surface area contributed by atoms with Crippen LogP contribution in [-0.4, -0.2) is 44.9 Å². The summed E-state index contributed by atoms with van der Waals surface area (Å²) in [7, 11) is 0. The second-order valence-corrected chi connectivity index (χ2v) is 6.88. The van der Waals surface area contributed by atoms with Gasteiger partial charge in [0.2, 0.25) is 0 Å². The molecule has 128 valence electrons. The highest BCUT2D eigenvalue weighted by molar-refractivity contribution is 5.94. The van der Waals surface area contributed by atoms with Crippen LogP contribution >= 0.6 is 0 Å². The fraction of sp³-hybridized carbons (Fsp3) is 0.368. The molecule has 2 aromatic heterocycles. The minimum atomic E-state index is -0.774. The number of aromatic nitrogens is 2. The number of likely N-dealkylation sites (tertiary alicyclic amines) is 1. The molecule has 6 heteroatoms. The number of hydrogen-bond donors (Lipinski definition) is 1. The maximum absolute atomic E-state index is 12.9. The number of amides is 1. The van der Waals surface area contributed by atoms with Crippen molar-refractivity contribution in [1.29, 1.82) is 0 Å². The zero-order valence-electron chi connectivity index (χ0n) is 13.8. The molecule has 0 unspecified atom stereocenters. The van der Waals surface area contributed by atoms with Crippen molar-refractivity contribution < 1.29 is 14.7 Å². The topological polar surface area (TPSA) is 83.4 Å². The monoisotopic (exact) mass is 337 g/mol. The highest BCUT2D eigenvalue weighted by atomic mass is 16.4. The molecule has 1 saturated heterocycles. The van der Waals surface area contributed by atoms with Gasteiger partial charge in [0.1, 0.15) is 5.69 Å². The van der Waals surface area contributed by atoms with Crippen LogP contribution in [0.1, 0.15) is 29.8 Å². The summed E-state index contributed by atoms with van der Waals surface area (Å²) in [6, 6.07) is 9.03. The van der Waals surface area contributed by atoms with E-state index in [-0.39, 0.29) is 18.4 Å². The maximum Gasteiger partial charge on any atom is 0.311 e. The summed E-state index contributed by atoms with van der Waals surface area (Å²) in [5, 5.41) is 9.68. The minimum Gasteiger partial charge on any atom is -0.481 e. The van der Waals surface area contributed by atoms with Gasteiger partial charge in [-0.15, -0.1) is 0 Å². The largest absolute Gasteiger partial charge is 0.481 e. The van der Waals surface area contributed by atoms with Crippen molar-refractivity contribution in [2.45, 2.75) is 19.3 Å². The van der Waals surface area contributed by atoms with Gasteiger partial charge < -0.3 is 10.0 Å². The van der Waals surface area contributed by atoms with Crippen molar-refractivity contribution in [3.63, 3.8) is 0 Å². The van der Waals surface area contributed by atoms with Crippen LogP contribution in [0, 0.1) is 11.3 Å². The number of carbonyl (C=O) groups excluding carboxylic acids is 1. The van der Waals surface area contributed by atoms with Gasteiger partial charge in [-0.2, -0.15) is 0 Å². The maximum atomic E-state index is 12.9. The van der Waals surface area contributed by atoms with Crippen LogP contribution < -0.4 is 0 Å². The fourth-order valence-corrected chi connectivity index (χ4v) is 4.19. The van der Waals surface area contributed by atoms with E-state index < -0.39 is 11.4 Å². The van der Waals surface area contributed by atoms with Gasteiger partial charge in [0.15, 0.2) is 0 Å². The Kier molecular flexibility index (Phi) is 3.75. The summed E-state index contributed by atoms with van der Waals surface area (Å²) in [6.45, 7) is 0.791. The van der Waals surface area contributed by atoms with Gasteiger partial charge in [-0.25, -0.2) is 4.98 Å². The number of hydrogen-bond acceptors (Lipinski definition) is 4. The lowest BCUT2D eigenvalue weighted by atomic mass is 9.81. The highest BCUT2D eigenvalue weighted by Crippen LogP contribution is 2.49. The van der Waals surface area contributed by atoms with Gasteiger partial charge in [-0.05, 0) is 43.0 Å². The third kappa shape index (κ3) is 2.58. The molecular weight excluding hydrogens is 318 g/mol. The Bertz CT molecular complexity index is 824. The number of rotatable bonds is 3. The van der Waals surface area contributed by atoms with E-state index >= 15 is 0 Å². The third-order valence-corrected chi connectivity index (χ3v) is 5.53. The molecule has 4 rings (SSSR count). The van der Waals surface area contributed by atoms with Crippen LogP contribution in [0.3, 0.4) is 0 Å². The van der Waals surface area contributed by atoms with Crippen LogP contribution in [0.15, 0.2) is 42.7 Å². The van der Waals surface area contributed by atoms with Gasteiger partial charge in [0, 0.05) is 31.0 Å². The Hall–Kier alpha value is -2.76. The van der Waals surface area contributed by atoms with Gasteiger partial charge >= 0.3 is 5.97 Å². The van der Waals surface area contributed by atoms with Crippen LogP contribution in [0.2, 0.25) is 0 Å². The highest BCUT2D eigenvalue weighted by Gasteiger charge is 2.55. The van der Waals surface area contributed by atoms with Gasteiger partial charge in [-0.3, -0.25) is 14.6 Å². The summed E-state index contributed by atoms with van der Waals surface area (Å²) in [4.78, 5) is 34.8. The summed E-state index contributed by atoms with van der Waals surface area (Å²) in [5.41, 5.74) is 1.19. The SMILES string of the molecule is O=C(c1cccc(-c2ccncc2)n1)N1C[C@@H]2CCC[C@]2(C(=O)O)C1. The van der Waals surface area contributed by atoms with Crippen LogP contribution in [0.4, 0.5) is 0 Å². The molecule has 0 spiro atoms. The van der Waals surface area contributed by atoms with E-state index in [1.165, 1.54) is 0 Å². The molecule has 3 heterocycles. The lowest BCUT2D eigenvalue weighted by Gasteiger charge is -2.23. The fourth-order valence-electron chi connectivity index (χ4n) is 4.19. The molecule has 0 radical (unpaired) electrons. The predicted molar refractivity (Wildman–Crippen MR) is 90.8 cm³/mol. The predicted octanol–water partition coefficient (Wildman–Crippen LogP) is 2.47. The molecule has 2 atom stereocenters. The van der Waals surface area contributed by atoms with E-state index in [0.717, 1.165) is 18.4 Å². The van der Waals surface area contributed by atoms with E-state index in [1.807, 2.05) is 18.2 Å². The first-order valence-electron chi connectivity index (χ1n) is 8.50. The Balaban J connectivity index is 1.59. The summed E-state index contributed by atoms with van der Waals surface area (Å²) in [6.07, 6.45) is 5.82. The van der Waals surface area contributed by atoms with E-state index in [4.69, 9.17) is 0 Å². The molecule has 1 aliphatic carbocycles. The number of carbonyl (C=O) groups is 2. The average molecular weight is 337 g/mol. The Labute approximate surface area is 145 Å². The molecule has 2 fully saturated rings. The Morgan fingerprint density at radius 2 is 2.00 bits per heavy atom. The first-order valence-corrected chi connectivity index (χ1v) is 8.50. The van der Waals surface area contributed by atoms with Crippen molar-refractivity contribution in [1.82, 2.24) is 14.9 Å². The van der Waals surface area contributed by atoms with E-state index in [9.17, 15) is 14.7 Å². The van der Waals surface area contributed by atoms with Crippen molar-refractivity contribution >= 4 is 11.9 Å². The van der Waals surface area contributed by atoms with E-state index in [2.05, 4.69) is 9.97 Å². The second kappa shape index (κ2) is 5.95. The van der Waals surface area contributed by atoms with Gasteiger partial charge in [-0.1, -0.05) is 12.5 Å². The molecule has 2 aromatic rings. The number of carboxylic acids is 1. The Morgan fingerprint density at radius 3 is 2.72 bits per heavy atom. The molecular formula is C19H19N3O3. The summed E-state index contributed by atoms with van der Waals surface area (Å²) < 4.78 is 0. The number of pyridine rings is 2. The lowest BCUT2D eigenvalue weighted by molar-refractivity contribution is -0.149. The number of nitrogens with zero attached hydrogens (tertiary/aromatic N) is 3. The van der Waals surface area contributed by atoms with Crippen molar-refractivity contribution in [2.75, 3.05) is 13.1 Å². The first-order chi connectivity index (χ1) is 12.1. The number of fused-ring (bicyclic) bond motifs is 1. The number of aliphatic carboxylic acids is 1. The molecule has 0 aromatic carbocycles. The zero-order valence-corrected chi connectivity index (χ0v) is 13.8. The quantitative estimate of drug-likeness (QED) is 0.930. The first kappa shape index (κ1) is 15.7. The van der Waals surface area contributed by atoms with Crippen LogP contribution in [-0.2, 0) is 4.79 Å². The zero-order chi connectivity index (χ0) is 17.4. The van der Waals surface area contributed by atoms with E-state index in [1.54, 1.807) is 29.4 Å². The van der Waals surface area contributed by atoms with Gasteiger partial charge in [0.05, 0.1) is 11.1 Å².